The van der Waals surface area contributed by atoms with Crippen LogP contribution in [0.3, 0.4) is 0 Å². The molecule has 0 saturated heterocycles. The Hall–Kier alpha value is -1.36. The number of ether oxygens (including phenoxy) is 1. The predicted molar refractivity (Wildman–Crippen MR) is 79.2 cm³/mol. The minimum Gasteiger partial charge on any atom is -0.493 e. The van der Waals surface area contributed by atoms with Gasteiger partial charge in [-0.15, -0.1) is 0 Å². The third-order valence-corrected chi connectivity index (χ3v) is 2.69. The summed E-state index contributed by atoms with van der Waals surface area (Å²) in [5.41, 5.74) is 5.57. The molecule has 1 rings (SSSR count). The molecule has 1 heterocycles. The van der Waals surface area contributed by atoms with E-state index in [1.807, 2.05) is 12.1 Å². The smallest absolute Gasteiger partial charge is 0.171 e. The van der Waals surface area contributed by atoms with Crippen molar-refractivity contribution in [3.8, 4) is 5.75 Å². The monoisotopic (exact) mass is 267 g/mol. The van der Waals surface area contributed by atoms with E-state index in [0.717, 1.165) is 24.7 Å². The maximum atomic E-state index is 5.57. The van der Waals surface area contributed by atoms with Crippen LogP contribution in [0.25, 0.3) is 0 Å². The van der Waals surface area contributed by atoms with Gasteiger partial charge >= 0.3 is 0 Å². The number of methoxy groups -OCH3 is 1. The Balaban J connectivity index is 2.89. The molecule has 0 amide bonds. The van der Waals surface area contributed by atoms with Gasteiger partial charge in [-0.25, -0.2) is 4.98 Å². The van der Waals surface area contributed by atoms with Gasteiger partial charge in [0.05, 0.1) is 12.1 Å². The molecule has 2 N–H and O–H groups in total. The standard InChI is InChI=1S/C13H21N3OS/c1-10(2)9-16(8-6-12(14)18)13-11(17-3)5-4-7-15-13/h4-5,7,10H,6,8-9H2,1-3H3,(H2,14,18). The fraction of sp³-hybridized carbons (Fsp3) is 0.538. The molecule has 0 saturated carbocycles. The second-order valence-corrected chi connectivity index (χ2v) is 5.11. The Morgan fingerprint density at radius 3 is 2.83 bits per heavy atom. The van der Waals surface area contributed by atoms with E-state index in [4.69, 9.17) is 22.7 Å². The van der Waals surface area contributed by atoms with Crippen LogP contribution in [-0.4, -0.2) is 30.2 Å². The minimum atomic E-state index is 0.527. The lowest BCUT2D eigenvalue weighted by atomic mass is 10.2. The number of pyridine rings is 1. The SMILES string of the molecule is COc1cccnc1N(CCC(N)=S)CC(C)C. The molecule has 1 aromatic heterocycles. The van der Waals surface area contributed by atoms with E-state index >= 15 is 0 Å². The highest BCUT2D eigenvalue weighted by molar-refractivity contribution is 7.80. The molecule has 0 aromatic carbocycles. The first kappa shape index (κ1) is 14.7. The summed E-state index contributed by atoms with van der Waals surface area (Å²) in [6, 6.07) is 3.78. The van der Waals surface area contributed by atoms with E-state index in [2.05, 4.69) is 23.7 Å². The van der Waals surface area contributed by atoms with Crippen LogP contribution in [0.1, 0.15) is 20.3 Å². The molecule has 0 radical (unpaired) electrons. The van der Waals surface area contributed by atoms with Gasteiger partial charge in [-0.2, -0.15) is 0 Å². The summed E-state index contributed by atoms with van der Waals surface area (Å²) in [6.45, 7) is 6.00. The van der Waals surface area contributed by atoms with E-state index in [1.165, 1.54) is 0 Å². The molecule has 0 fully saturated rings. The van der Waals surface area contributed by atoms with E-state index < -0.39 is 0 Å². The fourth-order valence-corrected chi connectivity index (χ4v) is 1.84. The van der Waals surface area contributed by atoms with Gasteiger partial charge in [0.2, 0.25) is 0 Å². The number of nitrogens with zero attached hydrogens (tertiary/aromatic N) is 2. The Morgan fingerprint density at radius 1 is 1.56 bits per heavy atom. The molecular formula is C13H21N3OS. The van der Waals surface area contributed by atoms with E-state index in [0.29, 0.717) is 17.3 Å². The molecule has 0 atom stereocenters. The van der Waals surface area contributed by atoms with Crippen LogP contribution < -0.4 is 15.4 Å². The predicted octanol–water partition coefficient (Wildman–Crippen LogP) is 2.23. The highest BCUT2D eigenvalue weighted by atomic mass is 32.1. The summed E-state index contributed by atoms with van der Waals surface area (Å²) in [7, 11) is 1.65. The number of hydrogen-bond acceptors (Lipinski definition) is 4. The molecule has 0 aliphatic heterocycles. The highest BCUT2D eigenvalue weighted by Gasteiger charge is 2.14. The van der Waals surface area contributed by atoms with Gasteiger partial charge < -0.3 is 15.4 Å². The molecule has 100 valence electrons. The molecule has 4 nitrogen and oxygen atoms in total. The summed E-state index contributed by atoms with van der Waals surface area (Å²) >= 11 is 4.94. The van der Waals surface area contributed by atoms with E-state index in [-0.39, 0.29) is 0 Å². The zero-order chi connectivity index (χ0) is 13.5. The number of hydrogen-bond donors (Lipinski definition) is 1. The fourth-order valence-electron chi connectivity index (χ4n) is 1.75. The van der Waals surface area contributed by atoms with Crippen LogP contribution in [-0.2, 0) is 0 Å². The van der Waals surface area contributed by atoms with Crippen molar-refractivity contribution < 1.29 is 4.74 Å². The van der Waals surface area contributed by atoms with E-state index in [9.17, 15) is 0 Å². The van der Waals surface area contributed by atoms with Crippen LogP contribution in [0.2, 0.25) is 0 Å². The van der Waals surface area contributed by atoms with Gasteiger partial charge in [0.15, 0.2) is 11.6 Å². The van der Waals surface area contributed by atoms with Crippen LogP contribution in [0.5, 0.6) is 5.75 Å². The number of thiocarbonyl (C=S) groups is 1. The lowest BCUT2D eigenvalue weighted by molar-refractivity contribution is 0.411. The molecule has 0 spiro atoms. The van der Waals surface area contributed by atoms with Gasteiger partial charge in [-0.3, -0.25) is 0 Å². The molecule has 0 aliphatic carbocycles. The lowest BCUT2D eigenvalue weighted by Crippen LogP contribution is -2.32. The summed E-state index contributed by atoms with van der Waals surface area (Å²) in [5, 5.41) is 0. The Labute approximate surface area is 114 Å². The van der Waals surface area contributed by atoms with Gasteiger partial charge in [0, 0.05) is 25.7 Å². The maximum absolute atomic E-state index is 5.57. The summed E-state index contributed by atoms with van der Waals surface area (Å²) < 4.78 is 5.35. The quantitative estimate of drug-likeness (QED) is 0.768. The lowest BCUT2D eigenvalue weighted by Gasteiger charge is -2.26. The Bertz CT molecular complexity index is 396. The van der Waals surface area contributed by atoms with Crippen LogP contribution in [0, 0.1) is 5.92 Å². The second kappa shape index (κ2) is 7.16. The molecule has 0 unspecified atom stereocenters. The van der Waals surface area contributed by atoms with Crippen molar-refractivity contribution in [2.24, 2.45) is 11.7 Å². The second-order valence-electron chi connectivity index (χ2n) is 4.59. The molecule has 5 heteroatoms. The van der Waals surface area contributed by atoms with Crippen molar-refractivity contribution in [1.29, 1.82) is 0 Å². The summed E-state index contributed by atoms with van der Waals surface area (Å²) in [4.78, 5) is 7.09. The summed E-state index contributed by atoms with van der Waals surface area (Å²) in [6.07, 6.45) is 2.45. The average molecular weight is 267 g/mol. The van der Waals surface area contributed by atoms with Crippen LogP contribution in [0.4, 0.5) is 5.82 Å². The molecule has 0 aliphatic rings. The third-order valence-electron chi connectivity index (χ3n) is 2.48. The third kappa shape index (κ3) is 4.49. The van der Waals surface area contributed by atoms with Gasteiger partial charge in [0.25, 0.3) is 0 Å². The van der Waals surface area contributed by atoms with Crippen molar-refractivity contribution in [3.05, 3.63) is 18.3 Å². The van der Waals surface area contributed by atoms with Crippen molar-refractivity contribution >= 4 is 23.0 Å². The first-order valence-electron chi connectivity index (χ1n) is 6.06. The van der Waals surface area contributed by atoms with Crippen LogP contribution in [0.15, 0.2) is 18.3 Å². The van der Waals surface area contributed by atoms with E-state index in [1.54, 1.807) is 13.3 Å². The molecule has 0 bridgehead atoms. The first-order valence-corrected chi connectivity index (χ1v) is 6.47. The highest BCUT2D eigenvalue weighted by Crippen LogP contribution is 2.25. The number of nitrogens with two attached hydrogens (primary N) is 1. The van der Waals surface area contributed by atoms with Crippen molar-refractivity contribution in [2.45, 2.75) is 20.3 Å². The Morgan fingerprint density at radius 2 is 2.28 bits per heavy atom. The average Bonchev–Trinajstić information content (AvgIpc) is 2.33. The number of aromatic nitrogens is 1. The topological polar surface area (TPSA) is 51.4 Å². The maximum Gasteiger partial charge on any atom is 0.171 e. The van der Waals surface area contributed by atoms with Gasteiger partial charge in [0.1, 0.15) is 0 Å². The largest absolute Gasteiger partial charge is 0.493 e. The van der Waals surface area contributed by atoms with Crippen molar-refractivity contribution in [1.82, 2.24) is 4.98 Å². The van der Waals surface area contributed by atoms with Gasteiger partial charge in [-0.1, -0.05) is 26.1 Å². The first-order chi connectivity index (χ1) is 8.54. The zero-order valence-electron chi connectivity index (χ0n) is 11.2. The van der Waals surface area contributed by atoms with Crippen LogP contribution >= 0.6 is 12.2 Å². The minimum absolute atomic E-state index is 0.527. The number of rotatable bonds is 7. The zero-order valence-corrected chi connectivity index (χ0v) is 12.0. The Kier molecular flexibility index (Phi) is 5.85. The number of anilines is 1. The summed E-state index contributed by atoms with van der Waals surface area (Å²) in [5.74, 6) is 2.16. The van der Waals surface area contributed by atoms with Gasteiger partial charge in [-0.05, 0) is 18.1 Å². The van der Waals surface area contributed by atoms with Crippen molar-refractivity contribution in [3.63, 3.8) is 0 Å². The van der Waals surface area contributed by atoms with Crippen molar-refractivity contribution in [2.75, 3.05) is 25.1 Å². The molecular weight excluding hydrogens is 246 g/mol. The molecule has 1 aromatic rings. The normalized spacial score (nSPS) is 10.4. The molecule has 18 heavy (non-hydrogen) atoms.